The second kappa shape index (κ2) is 7.51. The molecular formula is C15H19N3O2. The van der Waals surface area contributed by atoms with Gasteiger partial charge in [-0.3, -0.25) is 4.79 Å². The highest BCUT2D eigenvalue weighted by molar-refractivity contribution is 5.80. The Labute approximate surface area is 118 Å². The fraction of sp³-hybridized carbons (Fsp3) is 0.467. The van der Waals surface area contributed by atoms with Gasteiger partial charge in [0.15, 0.2) is 6.61 Å². The van der Waals surface area contributed by atoms with Gasteiger partial charge in [0.05, 0.1) is 0 Å². The van der Waals surface area contributed by atoms with Gasteiger partial charge in [-0.25, -0.2) is 0 Å². The molecule has 2 N–H and O–H groups in total. The SMILES string of the molecule is N#CCOc1ccc(CNCCNC(=O)C2CC2)cc1. The van der Waals surface area contributed by atoms with Gasteiger partial charge in [-0.05, 0) is 30.5 Å². The summed E-state index contributed by atoms with van der Waals surface area (Å²) in [6.07, 6.45) is 2.08. The van der Waals surface area contributed by atoms with Crippen LogP contribution in [0.25, 0.3) is 0 Å². The molecule has 1 fully saturated rings. The van der Waals surface area contributed by atoms with Crippen molar-refractivity contribution in [3.05, 3.63) is 29.8 Å². The van der Waals surface area contributed by atoms with Crippen LogP contribution in [-0.4, -0.2) is 25.6 Å². The number of hydrogen-bond acceptors (Lipinski definition) is 4. The molecule has 5 heteroatoms. The van der Waals surface area contributed by atoms with Gasteiger partial charge in [0.25, 0.3) is 0 Å². The first-order chi connectivity index (χ1) is 9.79. The zero-order valence-electron chi connectivity index (χ0n) is 11.4. The molecule has 0 unspecified atom stereocenters. The monoisotopic (exact) mass is 273 g/mol. The number of amides is 1. The third-order valence-corrected chi connectivity index (χ3v) is 3.11. The average Bonchev–Trinajstić information content (AvgIpc) is 3.30. The van der Waals surface area contributed by atoms with E-state index in [1.165, 1.54) is 0 Å². The van der Waals surface area contributed by atoms with E-state index in [-0.39, 0.29) is 18.4 Å². The van der Waals surface area contributed by atoms with E-state index in [0.29, 0.717) is 12.3 Å². The Morgan fingerprint density at radius 3 is 2.70 bits per heavy atom. The van der Waals surface area contributed by atoms with Crippen LogP contribution >= 0.6 is 0 Å². The van der Waals surface area contributed by atoms with E-state index < -0.39 is 0 Å². The van der Waals surface area contributed by atoms with Crippen molar-refractivity contribution >= 4 is 5.91 Å². The lowest BCUT2D eigenvalue weighted by molar-refractivity contribution is -0.122. The predicted molar refractivity (Wildman–Crippen MR) is 75.0 cm³/mol. The van der Waals surface area contributed by atoms with Crippen LogP contribution in [0, 0.1) is 17.2 Å². The molecule has 1 aromatic rings. The van der Waals surface area contributed by atoms with Crippen LogP contribution in [0.4, 0.5) is 0 Å². The Balaban J connectivity index is 1.59. The molecule has 106 valence electrons. The number of ether oxygens (including phenoxy) is 1. The van der Waals surface area contributed by atoms with E-state index in [2.05, 4.69) is 10.6 Å². The van der Waals surface area contributed by atoms with Gasteiger partial charge in [0, 0.05) is 25.6 Å². The lowest BCUT2D eigenvalue weighted by Crippen LogP contribution is -2.32. The van der Waals surface area contributed by atoms with E-state index in [4.69, 9.17) is 10.00 Å². The quantitative estimate of drug-likeness (QED) is 0.698. The molecule has 1 aliphatic carbocycles. The first kappa shape index (κ1) is 14.4. The van der Waals surface area contributed by atoms with Crippen molar-refractivity contribution in [2.75, 3.05) is 19.7 Å². The maximum Gasteiger partial charge on any atom is 0.223 e. The van der Waals surface area contributed by atoms with Gasteiger partial charge in [0.1, 0.15) is 11.8 Å². The fourth-order valence-corrected chi connectivity index (χ4v) is 1.82. The zero-order chi connectivity index (χ0) is 14.2. The number of rotatable bonds is 8. The fourth-order valence-electron chi connectivity index (χ4n) is 1.82. The Kier molecular flexibility index (Phi) is 5.39. The molecule has 0 spiro atoms. The Bertz CT molecular complexity index is 475. The summed E-state index contributed by atoms with van der Waals surface area (Å²) in [6, 6.07) is 9.55. The highest BCUT2D eigenvalue weighted by Crippen LogP contribution is 2.28. The molecule has 0 atom stereocenters. The van der Waals surface area contributed by atoms with Crippen molar-refractivity contribution in [1.29, 1.82) is 5.26 Å². The van der Waals surface area contributed by atoms with Gasteiger partial charge in [-0.1, -0.05) is 12.1 Å². The highest BCUT2D eigenvalue weighted by atomic mass is 16.5. The minimum Gasteiger partial charge on any atom is -0.479 e. The third-order valence-electron chi connectivity index (χ3n) is 3.11. The van der Waals surface area contributed by atoms with Gasteiger partial charge in [-0.2, -0.15) is 5.26 Å². The molecule has 0 radical (unpaired) electrons. The van der Waals surface area contributed by atoms with Crippen molar-refractivity contribution in [3.63, 3.8) is 0 Å². The van der Waals surface area contributed by atoms with Crippen molar-refractivity contribution in [3.8, 4) is 11.8 Å². The van der Waals surface area contributed by atoms with Crippen LogP contribution in [0.5, 0.6) is 5.75 Å². The highest BCUT2D eigenvalue weighted by Gasteiger charge is 2.28. The third kappa shape index (κ3) is 4.90. The molecule has 2 rings (SSSR count). The minimum atomic E-state index is 0.0677. The first-order valence-electron chi connectivity index (χ1n) is 6.86. The molecule has 0 saturated heterocycles. The number of nitriles is 1. The normalized spacial score (nSPS) is 13.6. The van der Waals surface area contributed by atoms with Crippen LogP contribution in [0.2, 0.25) is 0 Å². The Morgan fingerprint density at radius 1 is 1.30 bits per heavy atom. The maximum absolute atomic E-state index is 11.4. The summed E-state index contributed by atoms with van der Waals surface area (Å²) in [5.41, 5.74) is 1.14. The average molecular weight is 273 g/mol. The number of hydrogen-bond donors (Lipinski definition) is 2. The molecule has 1 saturated carbocycles. The van der Waals surface area contributed by atoms with E-state index in [1.54, 1.807) is 0 Å². The zero-order valence-corrected chi connectivity index (χ0v) is 11.4. The van der Waals surface area contributed by atoms with Crippen LogP contribution in [0.1, 0.15) is 18.4 Å². The Morgan fingerprint density at radius 2 is 2.05 bits per heavy atom. The topological polar surface area (TPSA) is 74.2 Å². The van der Waals surface area contributed by atoms with Crippen molar-refractivity contribution < 1.29 is 9.53 Å². The standard InChI is InChI=1S/C15H19N3O2/c16-7-10-20-14-5-1-12(2-6-14)11-17-8-9-18-15(19)13-3-4-13/h1-2,5-6,13,17H,3-4,8-11H2,(H,18,19). The van der Waals surface area contributed by atoms with Crippen molar-refractivity contribution in [2.45, 2.75) is 19.4 Å². The molecule has 0 aromatic heterocycles. The summed E-state index contributed by atoms with van der Waals surface area (Å²) >= 11 is 0. The number of nitrogens with zero attached hydrogens (tertiary/aromatic N) is 1. The van der Waals surface area contributed by atoms with E-state index >= 15 is 0 Å². The first-order valence-corrected chi connectivity index (χ1v) is 6.86. The largest absolute Gasteiger partial charge is 0.479 e. The van der Waals surface area contributed by atoms with Gasteiger partial charge in [-0.15, -0.1) is 0 Å². The molecule has 5 nitrogen and oxygen atoms in total. The maximum atomic E-state index is 11.4. The number of benzene rings is 1. The van der Waals surface area contributed by atoms with Crippen LogP contribution in [0.15, 0.2) is 24.3 Å². The molecule has 1 aromatic carbocycles. The van der Waals surface area contributed by atoms with E-state index in [1.807, 2.05) is 30.3 Å². The van der Waals surface area contributed by atoms with Gasteiger partial charge < -0.3 is 15.4 Å². The lowest BCUT2D eigenvalue weighted by atomic mass is 10.2. The molecule has 0 bridgehead atoms. The summed E-state index contributed by atoms with van der Waals surface area (Å²) in [7, 11) is 0. The number of carbonyl (C=O) groups excluding carboxylic acids is 1. The van der Waals surface area contributed by atoms with Crippen LogP contribution in [-0.2, 0) is 11.3 Å². The summed E-state index contributed by atoms with van der Waals surface area (Å²) in [5, 5.41) is 14.6. The molecule has 1 aliphatic rings. The van der Waals surface area contributed by atoms with Crippen molar-refractivity contribution in [1.82, 2.24) is 10.6 Å². The second-order valence-corrected chi connectivity index (χ2v) is 4.83. The summed E-state index contributed by atoms with van der Waals surface area (Å²) < 4.78 is 5.18. The molecule has 1 amide bonds. The second-order valence-electron chi connectivity index (χ2n) is 4.83. The Hall–Kier alpha value is -2.06. The lowest BCUT2D eigenvalue weighted by Gasteiger charge is -2.07. The number of nitrogens with one attached hydrogen (secondary N) is 2. The summed E-state index contributed by atoms with van der Waals surface area (Å²) in [6.45, 7) is 2.24. The predicted octanol–water partition coefficient (Wildman–Crippen LogP) is 1.20. The molecule has 0 heterocycles. The minimum absolute atomic E-state index is 0.0677. The van der Waals surface area contributed by atoms with E-state index in [0.717, 1.165) is 31.5 Å². The van der Waals surface area contributed by atoms with Crippen LogP contribution in [0.3, 0.4) is 0 Å². The molecule has 20 heavy (non-hydrogen) atoms. The van der Waals surface area contributed by atoms with Gasteiger partial charge >= 0.3 is 0 Å². The molecule has 0 aliphatic heterocycles. The van der Waals surface area contributed by atoms with Crippen molar-refractivity contribution in [2.24, 2.45) is 5.92 Å². The summed E-state index contributed by atoms with van der Waals surface area (Å²) in [5.74, 6) is 1.16. The number of carbonyl (C=O) groups is 1. The van der Waals surface area contributed by atoms with Crippen LogP contribution < -0.4 is 15.4 Å². The smallest absolute Gasteiger partial charge is 0.223 e. The van der Waals surface area contributed by atoms with E-state index in [9.17, 15) is 4.79 Å². The van der Waals surface area contributed by atoms with Gasteiger partial charge in [0.2, 0.25) is 5.91 Å². The summed E-state index contributed by atoms with van der Waals surface area (Å²) in [4.78, 5) is 11.4. The molecular weight excluding hydrogens is 254 g/mol.